The molecule has 0 aromatic rings. The minimum Gasteiger partial charge on any atom is -0.103 e. The molecule has 2 atom stereocenters. The highest BCUT2D eigenvalue weighted by molar-refractivity contribution is 5.54. The van der Waals surface area contributed by atoms with E-state index in [4.69, 9.17) is 0 Å². The number of rotatable bonds is 10. The Kier molecular flexibility index (Phi) is 10.1. The summed E-state index contributed by atoms with van der Waals surface area (Å²) in [6, 6.07) is 0. The standard InChI is InChI=1S/C25H38/c1-11-15-16-24(23(18-19(5)6)21(9)13-3)25(17-12-2,20(7)8)22(10)14-4/h12,14-18,22H,4,7,9,11,13H2,1-3,5-6,8,10H3. The zero-order valence-electron chi connectivity index (χ0n) is 17.6. The Morgan fingerprint density at radius 3 is 2.08 bits per heavy atom. The van der Waals surface area contributed by atoms with Crippen molar-refractivity contribution in [1.82, 2.24) is 0 Å². The van der Waals surface area contributed by atoms with E-state index in [1.54, 1.807) is 0 Å². The molecule has 2 unspecified atom stereocenters. The van der Waals surface area contributed by atoms with Crippen LogP contribution in [0.2, 0.25) is 0 Å². The Balaban J connectivity index is 7.23. The molecule has 0 heteroatoms. The molecular formula is C25H38. The Labute approximate surface area is 157 Å². The van der Waals surface area contributed by atoms with Crippen LogP contribution in [0.1, 0.15) is 61.3 Å². The van der Waals surface area contributed by atoms with Gasteiger partial charge in [-0.1, -0.05) is 81.5 Å². The Morgan fingerprint density at radius 2 is 1.72 bits per heavy atom. The fourth-order valence-corrected chi connectivity index (χ4v) is 3.23. The Morgan fingerprint density at radius 1 is 1.12 bits per heavy atom. The van der Waals surface area contributed by atoms with E-state index in [0.29, 0.717) is 0 Å². The van der Waals surface area contributed by atoms with Crippen molar-refractivity contribution in [1.29, 1.82) is 0 Å². The smallest absolute Gasteiger partial charge is 0.0401 e. The van der Waals surface area contributed by atoms with Crippen LogP contribution in [-0.2, 0) is 0 Å². The molecule has 0 amide bonds. The maximum absolute atomic E-state index is 4.37. The van der Waals surface area contributed by atoms with Gasteiger partial charge in [0.1, 0.15) is 0 Å². The second kappa shape index (κ2) is 10.9. The molecule has 0 rings (SSSR count). The zero-order valence-corrected chi connectivity index (χ0v) is 17.6. The van der Waals surface area contributed by atoms with E-state index < -0.39 is 0 Å². The molecule has 0 radical (unpaired) electrons. The van der Waals surface area contributed by atoms with Gasteiger partial charge in [0.15, 0.2) is 0 Å². The van der Waals surface area contributed by atoms with Crippen LogP contribution in [-0.4, -0.2) is 0 Å². The summed E-state index contributed by atoms with van der Waals surface area (Å²) < 4.78 is 0. The molecule has 138 valence electrons. The van der Waals surface area contributed by atoms with E-state index in [1.807, 2.05) is 6.08 Å². The van der Waals surface area contributed by atoms with Gasteiger partial charge in [-0.15, -0.1) is 6.58 Å². The predicted molar refractivity (Wildman–Crippen MR) is 117 cm³/mol. The summed E-state index contributed by atoms with van der Waals surface area (Å²) in [6.07, 6.45) is 15.1. The molecule has 0 aliphatic carbocycles. The fraction of sp³-hybridized carbons (Fsp3) is 0.440. The van der Waals surface area contributed by atoms with E-state index >= 15 is 0 Å². The van der Waals surface area contributed by atoms with Crippen molar-refractivity contribution in [2.24, 2.45) is 11.3 Å². The van der Waals surface area contributed by atoms with Gasteiger partial charge in [0.05, 0.1) is 0 Å². The predicted octanol–water partition coefficient (Wildman–Crippen LogP) is 8.14. The molecule has 0 aromatic carbocycles. The van der Waals surface area contributed by atoms with Crippen molar-refractivity contribution in [2.75, 3.05) is 0 Å². The summed E-state index contributed by atoms with van der Waals surface area (Å²) in [5, 5.41) is 0. The van der Waals surface area contributed by atoms with Crippen LogP contribution in [0.15, 0.2) is 84.1 Å². The van der Waals surface area contributed by atoms with Crippen molar-refractivity contribution in [3.8, 4) is 0 Å². The van der Waals surface area contributed by atoms with E-state index in [-0.39, 0.29) is 11.3 Å². The maximum atomic E-state index is 4.37. The molecule has 0 fully saturated rings. The molecular weight excluding hydrogens is 300 g/mol. The topological polar surface area (TPSA) is 0 Å². The SMILES string of the molecule is C=CC(C)C(C=CC)(C(=C)C)C(C=CCC)=C(C=C(C)C)C(=C)CC. The van der Waals surface area contributed by atoms with Gasteiger partial charge < -0.3 is 0 Å². The molecule has 0 saturated heterocycles. The molecule has 0 bridgehead atoms. The number of hydrogen-bond acceptors (Lipinski definition) is 0. The number of allylic oxidation sites excluding steroid dienone is 11. The Bertz CT molecular complexity index is 600. The first-order valence-corrected chi connectivity index (χ1v) is 9.39. The first kappa shape index (κ1) is 23.2. The lowest BCUT2D eigenvalue weighted by molar-refractivity contribution is 0.432. The van der Waals surface area contributed by atoms with Gasteiger partial charge in [-0.2, -0.15) is 0 Å². The van der Waals surface area contributed by atoms with Gasteiger partial charge in [-0.25, -0.2) is 0 Å². The lowest BCUT2D eigenvalue weighted by atomic mass is 9.64. The fourth-order valence-electron chi connectivity index (χ4n) is 3.23. The van der Waals surface area contributed by atoms with Gasteiger partial charge in [0.2, 0.25) is 0 Å². The van der Waals surface area contributed by atoms with Crippen LogP contribution in [0, 0.1) is 11.3 Å². The van der Waals surface area contributed by atoms with Crippen molar-refractivity contribution >= 4 is 0 Å². The van der Waals surface area contributed by atoms with E-state index in [2.05, 4.69) is 98.6 Å². The van der Waals surface area contributed by atoms with Crippen LogP contribution < -0.4 is 0 Å². The van der Waals surface area contributed by atoms with Gasteiger partial charge in [-0.05, 0) is 63.2 Å². The first-order chi connectivity index (χ1) is 11.7. The van der Waals surface area contributed by atoms with E-state index in [9.17, 15) is 0 Å². The van der Waals surface area contributed by atoms with Crippen LogP contribution >= 0.6 is 0 Å². The lowest BCUT2D eigenvalue weighted by Crippen LogP contribution is -2.30. The molecule has 0 heterocycles. The normalized spacial score (nSPS) is 16.3. The van der Waals surface area contributed by atoms with Crippen molar-refractivity contribution in [3.63, 3.8) is 0 Å². The third-order valence-corrected chi connectivity index (χ3v) is 4.70. The highest BCUT2D eigenvalue weighted by atomic mass is 14.4. The quantitative estimate of drug-likeness (QED) is 0.278. The van der Waals surface area contributed by atoms with Gasteiger partial charge in [-0.3, -0.25) is 0 Å². The van der Waals surface area contributed by atoms with Crippen LogP contribution in [0.3, 0.4) is 0 Å². The van der Waals surface area contributed by atoms with Crippen molar-refractivity contribution in [2.45, 2.75) is 61.3 Å². The third kappa shape index (κ3) is 5.59. The van der Waals surface area contributed by atoms with E-state index in [0.717, 1.165) is 24.0 Å². The molecule has 0 aliphatic rings. The summed E-state index contributed by atoms with van der Waals surface area (Å²) in [5.41, 5.74) is 5.75. The summed E-state index contributed by atoms with van der Waals surface area (Å²) in [6.45, 7) is 27.8. The Hall–Kier alpha value is -1.82. The summed E-state index contributed by atoms with van der Waals surface area (Å²) in [4.78, 5) is 0. The molecule has 0 N–H and O–H groups in total. The minimum atomic E-state index is -0.290. The van der Waals surface area contributed by atoms with Crippen LogP contribution in [0.5, 0.6) is 0 Å². The molecule has 0 spiro atoms. The van der Waals surface area contributed by atoms with Crippen molar-refractivity contribution in [3.05, 3.63) is 84.1 Å². The molecule has 0 nitrogen and oxygen atoms in total. The largest absolute Gasteiger partial charge is 0.103 e. The maximum Gasteiger partial charge on any atom is 0.0401 e. The third-order valence-electron chi connectivity index (χ3n) is 4.70. The average Bonchev–Trinajstić information content (AvgIpc) is 2.57. The van der Waals surface area contributed by atoms with Crippen LogP contribution in [0.25, 0.3) is 0 Å². The monoisotopic (exact) mass is 338 g/mol. The highest BCUT2D eigenvalue weighted by Crippen LogP contribution is 2.47. The highest BCUT2D eigenvalue weighted by Gasteiger charge is 2.37. The average molecular weight is 339 g/mol. The van der Waals surface area contributed by atoms with Crippen LogP contribution in [0.4, 0.5) is 0 Å². The second-order valence-electron chi connectivity index (χ2n) is 6.99. The van der Waals surface area contributed by atoms with Gasteiger partial charge in [0, 0.05) is 5.41 Å². The summed E-state index contributed by atoms with van der Waals surface area (Å²) >= 11 is 0. The molecule has 0 aromatic heterocycles. The van der Waals surface area contributed by atoms with Gasteiger partial charge in [0.25, 0.3) is 0 Å². The van der Waals surface area contributed by atoms with E-state index in [1.165, 1.54) is 16.7 Å². The molecule has 0 aliphatic heterocycles. The number of hydrogen-bond donors (Lipinski definition) is 0. The summed E-state index contributed by atoms with van der Waals surface area (Å²) in [5.74, 6) is 0.225. The minimum absolute atomic E-state index is 0.225. The first-order valence-electron chi connectivity index (χ1n) is 9.39. The zero-order chi connectivity index (χ0) is 19.6. The van der Waals surface area contributed by atoms with Crippen molar-refractivity contribution < 1.29 is 0 Å². The molecule has 25 heavy (non-hydrogen) atoms. The lowest BCUT2D eigenvalue weighted by Gasteiger charge is -2.39. The van der Waals surface area contributed by atoms with Gasteiger partial charge >= 0.3 is 0 Å². The summed E-state index contributed by atoms with van der Waals surface area (Å²) in [7, 11) is 0. The second-order valence-corrected chi connectivity index (χ2v) is 6.99. The molecule has 0 saturated carbocycles.